The van der Waals surface area contributed by atoms with Crippen molar-refractivity contribution in [1.82, 2.24) is 4.90 Å². The molecule has 1 rings (SSSR count). The summed E-state index contributed by atoms with van der Waals surface area (Å²) >= 11 is 9.26. The molecule has 0 saturated heterocycles. The van der Waals surface area contributed by atoms with Crippen LogP contribution in [-0.2, 0) is 9.53 Å². The van der Waals surface area contributed by atoms with Crippen molar-refractivity contribution < 1.29 is 14.3 Å². The van der Waals surface area contributed by atoms with Gasteiger partial charge in [-0.1, -0.05) is 18.5 Å². The second-order valence-electron chi connectivity index (χ2n) is 4.10. The third kappa shape index (κ3) is 6.11. The first kappa shape index (κ1) is 17.3. The van der Waals surface area contributed by atoms with Gasteiger partial charge in [0.15, 0.2) is 0 Å². The molecule has 1 aromatic carbocycles. The van der Waals surface area contributed by atoms with Crippen molar-refractivity contribution in [2.45, 2.75) is 13.8 Å². The lowest BCUT2D eigenvalue weighted by Gasteiger charge is -2.19. The molecule has 0 bridgehead atoms. The summed E-state index contributed by atoms with van der Waals surface area (Å²) in [6, 6.07) is 5.37. The predicted octanol–water partition coefficient (Wildman–Crippen LogP) is 3.37. The van der Waals surface area contributed by atoms with E-state index in [1.54, 1.807) is 19.1 Å². The molecule has 0 aliphatic carbocycles. The molecule has 112 valence electrons. The van der Waals surface area contributed by atoms with Crippen LogP contribution in [0.1, 0.15) is 13.8 Å². The first-order chi connectivity index (χ1) is 9.56. The van der Waals surface area contributed by atoms with E-state index in [-0.39, 0.29) is 12.5 Å². The topological polar surface area (TPSA) is 38.8 Å². The molecule has 0 aliphatic rings. The van der Waals surface area contributed by atoms with Gasteiger partial charge in [-0.05, 0) is 47.6 Å². The zero-order valence-corrected chi connectivity index (χ0v) is 14.0. The molecule has 0 spiro atoms. The Labute approximate surface area is 133 Å². The van der Waals surface area contributed by atoms with Crippen LogP contribution in [0.15, 0.2) is 22.7 Å². The van der Waals surface area contributed by atoms with Gasteiger partial charge in [0.1, 0.15) is 12.4 Å². The van der Waals surface area contributed by atoms with Gasteiger partial charge in [0.2, 0.25) is 0 Å². The van der Waals surface area contributed by atoms with E-state index >= 15 is 0 Å². The largest absolute Gasteiger partial charge is 0.491 e. The second kappa shape index (κ2) is 9.21. The molecule has 0 radical (unpaired) electrons. The third-order valence-electron chi connectivity index (χ3n) is 2.66. The number of nitrogens with zero attached hydrogens (tertiary/aromatic N) is 1. The molecule has 4 nitrogen and oxygen atoms in total. The molecule has 0 aromatic heterocycles. The lowest BCUT2D eigenvalue weighted by Crippen LogP contribution is -2.34. The number of hydrogen-bond donors (Lipinski definition) is 0. The highest BCUT2D eigenvalue weighted by atomic mass is 79.9. The van der Waals surface area contributed by atoms with Crippen LogP contribution >= 0.6 is 27.5 Å². The minimum Gasteiger partial charge on any atom is -0.491 e. The second-order valence-corrected chi connectivity index (χ2v) is 5.39. The molecule has 0 unspecified atom stereocenters. The van der Waals surface area contributed by atoms with Crippen LogP contribution in [0.25, 0.3) is 0 Å². The van der Waals surface area contributed by atoms with Gasteiger partial charge in [0, 0.05) is 11.6 Å². The lowest BCUT2D eigenvalue weighted by molar-refractivity contribution is -0.144. The zero-order valence-electron chi connectivity index (χ0n) is 11.7. The quantitative estimate of drug-likeness (QED) is 0.663. The van der Waals surface area contributed by atoms with E-state index in [0.29, 0.717) is 24.8 Å². The number of carbonyl (C=O) groups excluding carboxylic acids is 1. The van der Waals surface area contributed by atoms with Gasteiger partial charge in [0.25, 0.3) is 0 Å². The van der Waals surface area contributed by atoms with Crippen molar-refractivity contribution in [2.75, 3.05) is 32.8 Å². The highest BCUT2D eigenvalue weighted by molar-refractivity contribution is 9.10. The number of carbonyl (C=O) groups is 1. The maximum absolute atomic E-state index is 11.4. The monoisotopic (exact) mass is 363 g/mol. The number of rotatable bonds is 8. The molecule has 0 saturated carbocycles. The summed E-state index contributed by atoms with van der Waals surface area (Å²) in [5.74, 6) is 0.531. The van der Waals surface area contributed by atoms with E-state index in [1.807, 2.05) is 17.9 Å². The van der Waals surface area contributed by atoms with E-state index in [1.165, 1.54) is 0 Å². The highest BCUT2D eigenvalue weighted by Gasteiger charge is 2.10. The number of likely N-dealkylation sites (N-methyl/N-ethyl adjacent to an activating group) is 1. The van der Waals surface area contributed by atoms with Crippen LogP contribution in [0.5, 0.6) is 5.75 Å². The third-order valence-corrected chi connectivity index (χ3v) is 3.52. The molecule has 0 amide bonds. The van der Waals surface area contributed by atoms with Gasteiger partial charge in [-0.3, -0.25) is 9.69 Å². The summed E-state index contributed by atoms with van der Waals surface area (Å²) in [5, 5.41) is 0.654. The van der Waals surface area contributed by atoms with Crippen LogP contribution in [0.4, 0.5) is 0 Å². The summed E-state index contributed by atoms with van der Waals surface area (Å²) in [5.41, 5.74) is 0. The Morgan fingerprint density at radius 1 is 1.40 bits per heavy atom. The average Bonchev–Trinajstić information content (AvgIpc) is 2.40. The molecule has 0 atom stereocenters. The molecular weight excluding hydrogens is 346 g/mol. The highest BCUT2D eigenvalue weighted by Crippen LogP contribution is 2.27. The summed E-state index contributed by atoms with van der Waals surface area (Å²) in [4.78, 5) is 13.4. The Kier molecular flexibility index (Phi) is 7.95. The maximum atomic E-state index is 11.4. The van der Waals surface area contributed by atoms with Crippen molar-refractivity contribution in [3.05, 3.63) is 27.7 Å². The molecule has 1 aromatic rings. The Morgan fingerprint density at radius 2 is 2.15 bits per heavy atom. The van der Waals surface area contributed by atoms with Crippen LogP contribution in [0.2, 0.25) is 5.02 Å². The normalized spacial score (nSPS) is 10.7. The summed E-state index contributed by atoms with van der Waals surface area (Å²) in [6.45, 7) is 6.41. The van der Waals surface area contributed by atoms with Crippen molar-refractivity contribution in [3.8, 4) is 5.75 Å². The van der Waals surface area contributed by atoms with Gasteiger partial charge in [0.05, 0.1) is 17.6 Å². The standard InChI is InChI=1S/C14H19BrClNO3/c1-3-17(10-14(18)19-4-2)7-8-20-13-6-5-11(16)9-12(13)15/h5-6,9H,3-4,7-8,10H2,1-2H3. The van der Waals surface area contributed by atoms with Crippen LogP contribution < -0.4 is 4.74 Å². The molecule has 0 heterocycles. The van der Waals surface area contributed by atoms with Gasteiger partial charge in [-0.2, -0.15) is 0 Å². The Bertz CT molecular complexity index is 442. The summed E-state index contributed by atoms with van der Waals surface area (Å²) in [7, 11) is 0. The minimum atomic E-state index is -0.206. The summed E-state index contributed by atoms with van der Waals surface area (Å²) < 4.78 is 11.4. The minimum absolute atomic E-state index is 0.206. The SMILES string of the molecule is CCOC(=O)CN(CC)CCOc1ccc(Cl)cc1Br. The van der Waals surface area contributed by atoms with Crippen molar-refractivity contribution in [3.63, 3.8) is 0 Å². The predicted molar refractivity (Wildman–Crippen MR) is 83.4 cm³/mol. The fourth-order valence-corrected chi connectivity index (χ4v) is 2.41. The Morgan fingerprint density at radius 3 is 2.75 bits per heavy atom. The van der Waals surface area contributed by atoms with E-state index in [0.717, 1.165) is 16.8 Å². The first-order valence-corrected chi connectivity index (χ1v) is 7.69. The number of halogens is 2. The summed E-state index contributed by atoms with van der Waals surface area (Å²) in [6.07, 6.45) is 0. The lowest BCUT2D eigenvalue weighted by atomic mass is 10.3. The van der Waals surface area contributed by atoms with E-state index in [4.69, 9.17) is 21.1 Å². The van der Waals surface area contributed by atoms with Crippen LogP contribution in [0.3, 0.4) is 0 Å². The Balaban J connectivity index is 2.39. The number of ether oxygens (including phenoxy) is 2. The fourth-order valence-electron chi connectivity index (χ4n) is 1.62. The van der Waals surface area contributed by atoms with Crippen LogP contribution in [0, 0.1) is 0 Å². The Hall–Kier alpha value is -0.780. The van der Waals surface area contributed by atoms with Crippen LogP contribution in [-0.4, -0.2) is 43.7 Å². The smallest absolute Gasteiger partial charge is 0.320 e. The molecule has 20 heavy (non-hydrogen) atoms. The van der Waals surface area contributed by atoms with E-state index in [2.05, 4.69) is 15.9 Å². The maximum Gasteiger partial charge on any atom is 0.320 e. The van der Waals surface area contributed by atoms with E-state index < -0.39 is 0 Å². The zero-order chi connectivity index (χ0) is 15.0. The van der Waals surface area contributed by atoms with Crippen molar-refractivity contribution >= 4 is 33.5 Å². The van der Waals surface area contributed by atoms with Gasteiger partial charge in [-0.25, -0.2) is 0 Å². The fraction of sp³-hybridized carbons (Fsp3) is 0.500. The van der Waals surface area contributed by atoms with Crippen molar-refractivity contribution in [2.24, 2.45) is 0 Å². The molecule has 0 fully saturated rings. The number of esters is 1. The molecule has 6 heteroatoms. The van der Waals surface area contributed by atoms with Gasteiger partial charge in [-0.15, -0.1) is 0 Å². The number of hydrogen-bond acceptors (Lipinski definition) is 4. The average molecular weight is 365 g/mol. The van der Waals surface area contributed by atoms with Crippen molar-refractivity contribution in [1.29, 1.82) is 0 Å². The first-order valence-electron chi connectivity index (χ1n) is 6.52. The molecule has 0 aliphatic heterocycles. The molecular formula is C14H19BrClNO3. The van der Waals surface area contributed by atoms with Gasteiger partial charge < -0.3 is 9.47 Å². The molecule has 0 N–H and O–H groups in total. The van der Waals surface area contributed by atoms with E-state index in [9.17, 15) is 4.79 Å². The number of benzene rings is 1. The van der Waals surface area contributed by atoms with Gasteiger partial charge >= 0.3 is 5.97 Å².